The minimum absolute atomic E-state index is 0.0393. The summed E-state index contributed by atoms with van der Waals surface area (Å²) in [4.78, 5) is 42.3. The molecule has 0 aliphatic carbocycles. The summed E-state index contributed by atoms with van der Waals surface area (Å²) in [5, 5.41) is 27.2. The topological polar surface area (TPSA) is 138 Å². The summed E-state index contributed by atoms with van der Waals surface area (Å²) < 4.78 is 11.8. The number of carbonyl (C=O) groups excluding carboxylic acids is 3. The highest BCUT2D eigenvalue weighted by Crippen LogP contribution is 2.36. The van der Waals surface area contributed by atoms with Crippen LogP contribution in [0, 0.1) is 17.3 Å². The second-order valence-corrected chi connectivity index (χ2v) is 12.5. The first-order chi connectivity index (χ1) is 18.3. The zero-order valence-electron chi connectivity index (χ0n) is 23.9. The number of thiazole rings is 1. The Labute approximate surface area is 235 Å². The van der Waals surface area contributed by atoms with Gasteiger partial charge in [-0.15, -0.1) is 11.3 Å². The van der Waals surface area contributed by atoms with E-state index in [1.807, 2.05) is 25.3 Å². The SMILES string of the molecule is CCC(=O)NCc1nc(C=C(C)[C@H]2C[C@@H]3O[C@H]3CCC[C@@H](C)[C@@H](O)[C@H](C)C(=O)C(C)(C)[C@H](O)CC(=O)O2)cs1. The van der Waals surface area contributed by atoms with E-state index < -0.39 is 35.6 Å². The fourth-order valence-corrected chi connectivity index (χ4v) is 5.80. The fourth-order valence-electron chi connectivity index (χ4n) is 5.11. The summed E-state index contributed by atoms with van der Waals surface area (Å²) in [5.74, 6) is -1.67. The molecule has 0 aromatic carbocycles. The van der Waals surface area contributed by atoms with E-state index in [0.717, 1.165) is 29.8 Å². The largest absolute Gasteiger partial charge is 0.458 e. The van der Waals surface area contributed by atoms with Crippen LogP contribution in [0.3, 0.4) is 0 Å². The van der Waals surface area contributed by atoms with Gasteiger partial charge in [-0.05, 0) is 37.3 Å². The zero-order valence-corrected chi connectivity index (χ0v) is 24.8. The molecule has 2 aliphatic rings. The number of ether oxygens (including phenoxy) is 2. The molecule has 1 aromatic rings. The van der Waals surface area contributed by atoms with Gasteiger partial charge in [0, 0.05) is 24.1 Å². The van der Waals surface area contributed by atoms with E-state index in [1.54, 1.807) is 27.7 Å². The van der Waals surface area contributed by atoms with E-state index in [9.17, 15) is 24.6 Å². The molecule has 218 valence electrons. The van der Waals surface area contributed by atoms with Crippen LogP contribution in [0.1, 0.15) is 90.8 Å². The average molecular weight is 565 g/mol. The van der Waals surface area contributed by atoms with Crippen LogP contribution in [0.15, 0.2) is 11.0 Å². The van der Waals surface area contributed by atoms with Gasteiger partial charge in [0.25, 0.3) is 0 Å². The van der Waals surface area contributed by atoms with E-state index in [-0.39, 0.29) is 36.2 Å². The number of nitrogens with one attached hydrogen (secondary N) is 1. The van der Waals surface area contributed by atoms with Crippen molar-refractivity contribution in [2.45, 2.75) is 117 Å². The van der Waals surface area contributed by atoms with Crippen LogP contribution in [-0.2, 0) is 30.4 Å². The number of esters is 1. The minimum atomic E-state index is -1.26. The Morgan fingerprint density at radius 2 is 1.95 bits per heavy atom. The number of epoxide rings is 1. The summed E-state index contributed by atoms with van der Waals surface area (Å²) in [6.45, 7) is 10.9. The average Bonchev–Trinajstić information content (AvgIpc) is 3.47. The van der Waals surface area contributed by atoms with E-state index in [1.165, 1.54) is 11.3 Å². The molecule has 3 N–H and O–H groups in total. The van der Waals surface area contributed by atoms with Crippen molar-refractivity contribution >= 4 is 35.1 Å². The lowest BCUT2D eigenvalue weighted by Gasteiger charge is -2.34. The Bertz CT molecular complexity index is 1050. The fraction of sp³-hybridized carbons (Fsp3) is 0.724. The lowest BCUT2D eigenvalue weighted by molar-refractivity contribution is -0.154. The third-order valence-electron chi connectivity index (χ3n) is 8.10. The third-order valence-corrected chi connectivity index (χ3v) is 8.97. The Morgan fingerprint density at radius 1 is 1.23 bits per heavy atom. The highest BCUT2D eigenvalue weighted by atomic mass is 32.1. The third kappa shape index (κ3) is 8.42. The molecule has 1 aromatic heterocycles. The van der Waals surface area contributed by atoms with Crippen molar-refractivity contribution < 1.29 is 34.1 Å². The number of hydrogen-bond acceptors (Lipinski definition) is 9. The van der Waals surface area contributed by atoms with Gasteiger partial charge in [-0.3, -0.25) is 14.4 Å². The smallest absolute Gasteiger partial charge is 0.309 e. The molecule has 2 saturated heterocycles. The van der Waals surface area contributed by atoms with Crippen LogP contribution >= 0.6 is 11.3 Å². The summed E-state index contributed by atoms with van der Waals surface area (Å²) in [6.07, 6.45) is 2.22. The Hall–Kier alpha value is -2.14. The van der Waals surface area contributed by atoms with Gasteiger partial charge < -0.3 is 25.0 Å². The number of ketones is 1. The lowest BCUT2D eigenvalue weighted by atomic mass is 9.73. The van der Waals surface area contributed by atoms with Gasteiger partial charge in [0.1, 0.15) is 16.9 Å². The van der Waals surface area contributed by atoms with Crippen LogP contribution < -0.4 is 5.32 Å². The second-order valence-electron chi connectivity index (χ2n) is 11.6. The van der Waals surface area contributed by atoms with Crippen LogP contribution in [-0.4, -0.2) is 63.4 Å². The highest BCUT2D eigenvalue weighted by Gasteiger charge is 2.44. The number of amides is 1. The first-order valence-corrected chi connectivity index (χ1v) is 14.9. The Balaban J connectivity index is 1.77. The molecule has 3 heterocycles. The molecule has 0 bridgehead atoms. The molecule has 1 amide bonds. The van der Waals surface area contributed by atoms with E-state index in [0.29, 0.717) is 25.1 Å². The van der Waals surface area contributed by atoms with Gasteiger partial charge in [0.2, 0.25) is 5.91 Å². The van der Waals surface area contributed by atoms with Gasteiger partial charge in [-0.1, -0.05) is 41.0 Å². The van der Waals surface area contributed by atoms with E-state index >= 15 is 0 Å². The summed E-state index contributed by atoms with van der Waals surface area (Å²) in [7, 11) is 0. The van der Waals surface area contributed by atoms with Gasteiger partial charge in [0.05, 0.1) is 48.5 Å². The Kier molecular flexibility index (Phi) is 10.8. The van der Waals surface area contributed by atoms with E-state index in [2.05, 4.69) is 10.3 Å². The monoisotopic (exact) mass is 564 g/mol. The predicted molar refractivity (Wildman–Crippen MR) is 149 cm³/mol. The van der Waals surface area contributed by atoms with Crippen LogP contribution in [0.5, 0.6) is 0 Å². The number of aliphatic hydroxyl groups is 2. The molecule has 0 radical (unpaired) electrons. The molecular weight excluding hydrogens is 520 g/mol. The molecule has 7 atom stereocenters. The van der Waals surface area contributed by atoms with Crippen molar-refractivity contribution in [3.8, 4) is 0 Å². The predicted octanol–water partition coefficient (Wildman–Crippen LogP) is 3.81. The molecule has 0 spiro atoms. The summed E-state index contributed by atoms with van der Waals surface area (Å²) in [6, 6.07) is 0. The van der Waals surface area contributed by atoms with Gasteiger partial charge in [-0.2, -0.15) is 0 Å². The minimum Gasteiger partial charge on any atom is -0.458 e. The number of hydrogen-bond donors (Lipinski definition) is 3. The number of cyclic esters (lactones) is 1. The van der Waals surface area contributed by atoms with Crippen molar-refractivity contribution in [3.63, 3.8) is 0 Å². The zero-order chi connectivity index (χ0) is 28.9. The molecule has 0 unspecified atom stereocenters. The molecular formula is C29H44N2O7S. The summed E-state index contributed by atoms with van der Waals surface area (Å²) >= 11 is 1.44. The standard InChI is InChI=1S/C29H44N2O7S/c1-7-24(33)30-14-25-31-19(15-39-25)11-17(3)21-12-22-20(37-22)10-8-9-16(2)27(35)18(4)28(36)29(5,6)23(32)13-26(34)38-21/h11,15-16,18,20-23,27,32,35H,7-10,12-14H2,1-6H3,(H,30,33)/t16-,18+,20+,21-,22+,23-,27-/m1/s1. The quantitative estimate of drug-likeness (QED) is 0.363. The lowest BCUT2D eigenvalue weighted by Crippen LogP contribution is -2.45. The van der Waals surface area contributed by atoms with Gasteiger partial charge >= 0.3 is 5.97 Å². The van der Waals surface area contributed by atoms with Crippen LogP contribution in [0.2, 0.25) is 0 Å². The second kappa shape index (κ2) is 13.5. The van der Waals surface area contributed by atoms with Crippen LogP contribution in [0.25, 0.3) is 6.08 Å². The maximum atomic E-state index is 13.2. The first kappa shape index (κ1) is 31.4. The highest BCUT2D eigenvalue weighted by molar-refractivity contribution is 7.09. The number of carbonyl (C=O) groups is 3. The molecule has 0 saturated carbocycles. The van der Waals surface area contributed by atoms with Gasteiger partial charge in [0.15, 0.2) is 0 Å². The number of rotatable bonds is 5. The number of aromatic nitrogens is 1. The maximum absolute atomic E-state index is 13.2. The van der Waals surface area contributed by atoms with Crippen molar-refractivity contribution in [3.05, 3.63) is 21.7 Å². The number of fused-ring (bicyclic) bond motifs is 1. The maximum Gasteiger partial charge on any atom is 0.309 e. The summed E-state index contributed by atoms with van der Waals surface area (Å²) in [5.41, 5.74) is 0.275. The Morgan fingerprint density at radius 3 is 2.64 bits per heavy atom. The van der Waals surface area contributed by atoms with Crippen molar-refractivity contribution in [1.29, 1.82) is 0 Å². The number of nitrogens with zero attached hydrogens (tertiary/aromatic N) is 1. The number of Topliss-reactive ketones (excluding diaryl/α,β-unsaturated/α-hetero) is 1. The molecule has 9 nitrogen and oxygen atoms in total. The molecule has 2 fully saturated rings. The van der Waals surface area contributed by atoms with Crippen LogP contribution in [0.4, 0.5) is 0 Å². The van der Waals surface area contributed by atoms with Crippen molar-refractivity contribution in [2.75, 3.05) is 0 Å². The normalized spacial score (nSPS) is 32.7. The molecule has 2 aliphatic heterocycles. The van der Waals surface area contributed by atoms with Gasteiger partial charge in [-0.25, -0.2) is 4.98 Å². The molecule has 10 heteroatoms. The van der Waals surface area contributed by atoms with Crippen molar-refractivity contribution in [1.82, 2.24) is 10.3 Å². The molecule has 3 rings (SSSR count). The van der Waals surface area contributed by atoms with Crippen molar-refractivity contribution in [2.24, 2.45) is 17.3 Å². The first-order valence-electron chi connectivity index (χ1n) is 14.0. The number of aliphatic hydroxyl groups excluding tert-OH is 2. The molecule has 39 heavy (non-hydrogen) atoms. The van der Waals surface area contributed by atoms with E-state index in [4.69, 9.17) is 9.47 Å².